The first-order chi connectivity index (χ1) is 13.3. The van der Waals surface area contributed by atoms with Gasteiger partial charge in [-0.25, -0.2) is 12.8 Å². The van der Waals surface area contributed by atoms with Crippen molar-refractivity contribution in [3.05, 3.63) is 74.3 Å². The number of aromatic nitrogens is 1. The molecule has 1 aliphatic rings. The molecule has 0 radical (unpaired) electrons. The SMILES string of the molecule is C/C(=C/CNC(=O)c1cc2c([nH]c1=O)CCCC2)S(=O)(=O)c1ccccc1F. The molecule has 1 aliphatic carbocycles. The molecule has 1 amide bonds. The van der Waals surface area contributed by atoms with E-state index in [1.807, 2.05) is 0 Å². The zero-order valence-electron chi connectivity index (χ0n) is 15.4. The van der Waals surface area contributed by atoms with Crippen molar-refractivity contribution in [3.63, 3.8) is 0 Å². The van der Waals surface area contributed by atoms with E-state index >= 15 is 0 Å². The molecule has 1 heterocycles. The third kappa shape index (κ3) is 4.06. The van der Waals surface area contributed by atoms with Crippen LogP contribution in [0.5, 0.6) is 0 Å². The van der Waals surface area contributed by atoms with Crippen molar-refractivity contribution in [2.45, 2.75) is 37.5 Å². The van der Waals surface area contributed by atoms with Crippen LogP contribution in [0.1, 0.15) is 41.4 Å². The fourth-order valence-electron chi connectivity index (χ4n) is 3.17. The predicted molar refractivity (Wildman–Crippen MR) is 103 cm³/mol. The van der Waals surface area contributed by atoms with Gasteiger partial charge in [-0.1, -0.05) is 18.2 Å². The van der Waals surface area contributed by atoms with Crippen LogP contribution >= 0.6 is 0 Å². The lowest BCUT2D eigenvalue weighted by Gasteiger charge is -2.15. The third-order valence-electron chi connectivity index (χ3n) is 4.78. The molecule has 0 aliphatic heterocycles. The number of amides is 1. The number of rotatable bonds is 5. The lowest BCUT2D eigenvalue weighted by Crippen LogP contribution is -2.31. The maximum atomic E-state index is 13.8. The standard InChI is InChI=1S/C20H21FN2O4S/c1-13(28(26,27)18-9-5-3-7-16(18)21)10-11-22-19(24)15-12-14-6-2-4-8-17(14)23-20(15)25/h3,5,7,9-10,12H,2,4,6,8,11H2,1H3,(H,22,24)(H,23,25)/b13-10-. The highest BCUT2D eigenvalue weighted by molar-refractivity contribution is 7.95. The minimum absolute atomic E-state index is 0.00339. The second-order valence-corrected chi connectivity index (χ2v) is 8.77. The van der Waals surface area contributed by atoms with Gasteiger partial charge in [-0.15, -0.1) is 0 Å². The molecule has 1 aromatic carbocycles. The van der Waals surface area contributed by atoms with Gasteiger partial charge in [0.2, 0.25) is 9.84 Å². The van der Waals surface area contributed by atoms with Gasteiger partial charge in [-0.3, -0.25) is 9.59 Å². The molecular weight excluding hydrogens is 383 g/mol. The Balaban J connectivity index is 1.73. The maximum absolute atomic E-state index is 13.8. The molecular formula is C20H21FN2O4S. The van der Waals surface area contributed by atoms with Crippen LogP contribution in [0.15, 0.2) is 51.0 Å². The highest BCUT2D eigenvalue weighted by Gasteiger charge is 2.21. The van der Waals surface area contributed by atoms with Crippen molar-refractivity contribution in [3.8, 4) is 0 Å². The van der Waals surface area contributed by atoms with E-state index in [0.29, 0.717) is 0 Å². The van der Waals surface area contributed by atoms with Crippen LogP contribution < -0.4 is 10.9 Å². The quantitative estimate of drug-likeness (QED) is 0.800. The van der Waals surface area contributed by atoms with Gasteiger partial charge >= 0.3 is 0 Å². The Bertz CT molecular complexity index is 1100. The summed E-state index contributed by atoms with van der Waals surface area (Å²) in [6.45, 7) is 1.23. The van der Waals surface area contributed by atoms with Gasteiger partial charge in [0.25, 0.3) is 11.5 Å². The van der Waals surface area contributed by atoms with Gasteiger partial charge < -0.3 is 10.3 Å². The number of fused-ring (bicyclic) bond motifs is 1. The minimum Gasteiger partial charge on any atom is -0.348 e. The van der Waals surface area contributed by atoms with Crippen LogP contribution in [0.2, 0.25) is 0 Å². The van der Waals surface area contributed by atoms with Crippen LogP contribution in [0.25, 0.3) is 0 Å². The van der Waals surface area contributed by atoms with Gasteiger partial charge in [-0.05, 0) is 56.4 Å². The number of pyridine rings is 1. The molecule has 28 heavy (non-hydrogen) atoms. The fraction of sp³-hybridized carbons (Fsp3) is 0.300. The average Bonchev–Trinajstić information content (AvgIpc) is 2.67. The number of sulfone groups is 1. The molecule has 0 atom stereocenters. The summed E-state index contributed by atoms with van der Waals surface area (Å²) in [5, 5.41) is 2.52. The van der Waals surface area contributed by atoms with E-state index in [2.05, 4.69) is 10.3 Å². The molecule has 0 unspecified atom stereocenters. The lowest BCUT2D eigenvalue weighted by molar-refractivity contribution is 0.0956. The van der Waals surface area contributed by atoms with E-state index in [0.717, 1.165) is 43.0 Å². The number of hydrogen-bond donors (Lipinski definition) is 2. The Morgan fingerprint density at radius 2 is 1.96 bits per heavy atom. The number of halogens is 1. The summed E-state index contributed by atoms with van der Waals surface area (Å²) in [5.74, 6) is -1.41. The van der Waals surface area contributed by atoms with Crippen LogP contribution in [0, 0.1) is 5.82 Å². The Labute approximate surface area is 162 Å². The molecule has 0 fully saturated rings. The van der Waals surface area contributed by atoms with E-state index in [4.69, 9.17) is 0 Å². The van der Waals surface area contributed by atoms with Crippen LogP contribution in [0.4, 0.5) is 4.39 Å². The molecule has 0 bridgehead atoms. The van der Waals surface area contributed by atoms with Crippen molar-refractivity contribution in [1.82, 2.24) is 10.3 Å². The predicted octanol–water partition coefficient (Wildman–Crippen LogP) is 2.50. The number of carbonyl (C=O) groups excluding carboxylic acids is 1. The van der Waals surface area contributed by atoms with Gasteiger partial charge in [-0.2, -0.15) is 0 Å². The number of nitrogens with one attached hydrogen (secondary N) is 2. The number of carbonyl (C=O) groups is 1. The van der Waals surface area contributed by atoms with Crippen LogP contribution in [0.3, 0.4) is 0 Å². The van der Waals surface area contributed by atoms with Crippen molar-refractivity contribution < 1.29 is 17.6 Å². The molecule has 2 aromatic rings. The lowest BCUT2D eigenvalue weighted by atomic mass is 9.95. The zero-order chi connectivity index (χ0) is 20.3. The number of H-pyrrole nitrogens is 1. The fourth-order valence-corrected chi connectivity index (χ4v) is 4.40. The van der Waals surface area contributed by atoms with Crippen LogP contribution in [-0.4, -0.2) is 25.9 Å². The second-order valence-electron chi connectivity index (χ2n) is 6.68. The van der Waals surface area contributed by atoms with E-state index < -0.39 is 32.0 Å². The molecule has 2 N–H and O–H groups in total. The number of hydrogen-bond acceptors (Lipinski definition) is 4. The largest absolute Gasteiger partial charge is 0.348 e. The third-order valence-corrected chi connectivity index (χ3v) is 6.71. The van der Waals surface area contributed by atoms with Crippen LogP contribution in [-0.2, 0) is 22.7 Å². The summed E-state index contributed by atoms with van der Waals surface area (Å²) in [6, 6.07) is 6.71. The van der Waals surface area contributed by atoms with Crippen molar-refractivity contribution in [2.75, 3.05) is 6.54 Å². The molecule has 6 nitrogen and oxygen atoms in total. The first-order valence-corrected chi connectivity index (χ1v) is 10.5. The topological polar surface area (TPSA) is 96.1 Å². The Hall–Kier alpha value is -2.74. The molecule has 0 saturated heterocycles. The summed E-state index contributed by atoms with van der Waals surface area (Å²) in [6.07, 6.45) is 4.91. The number of allylic oxidation sites excluding steroid dienone is 1. The number of aryl methyl sites for hydroxylation is 2. The van der Waals surface area contributed by atoms with Crippen molar-refractivity contribution in [1.29, 1.82) is 0 Å². The number of benzene rings is 1. The molecule has 0 spiro atoms. The zero-order valence-corrected chi connectivity index (χ0v) is 16.2. The summed E-state index contributed by atoms with van der Waals surface area (Å²) in [5.41, 5.74) is 1.38. The smallest absolute Gasteiger partial charge is 0.261 e. The van der Waals surface area contributed by atoms with E-state index in [1.165, 1.54) is 31.2 Å². The van der Waals surface area contributed by atoms with Gasteiger partial charge in [0.1, 0.15) is 16.3 Å². The molecule has 148 valence electrons. The summed E-state index contributed by atoms with van der Waals surface area (Å²) >= 11 is 0. The molecule has 1 aromatic heterocycles. The van der Waals surface area contributed by atoms with E-state index in [-0.39, 0.29) is 17.0 Å². The van der Waals surface area contributed by atoms with E-state index in [1.54, 1.807) is 6.07 Å². The second kappa shape index (κ2) is 8.10. The number of aromatic amines is 1. The highest BCUT2D eigenvalue weighted by Crippen LogP contribution is 2.21. The average molecular weight is 404 g/mol. The highest BCUT2D eigenvalue weighted by atomic mass is 32.2. The maximum Gasteiger partial charge on any atom is 0.261 e. The normalized spacial score (nSPS) is 14.4. The monoisotopic (exact) mass is 404 g/mol. The first-order valence-electron chi connectivity index (χ1n) is 9.00. The summed E-state index contributed by atoms with van der Waals surface area (Å²) in [7, 11) is -3.99. The first kappa shape index (κ1) is 20.0. The Morgan fingerprint density at radius 3 is 2.71 bits per heavy atom. The van der Waals surface area contributed by atoms with Crippen molar-refractivity contribution >= 4 is 15.7 Å². The molecule has 3 rings (SSSR count). The Morgan fingerprint density at radius 1 is 1.25 bits per heavy atom. The van der Waals surface area contributed by atoms with Gasteiger partial charge in [0.15, 0.2) is 0 Å². The Kier molecular flexibility index (Phi) is 5.79. The van der Waals surface area contributed by atoms with Gasteiger partial charge in [0.05, 0.1) is 0 Å². The summed E-state index contributed by atoms with van der Waals surface area (Å²) in [4.78, 5) is 26.7. The van der Waals surface area contributed by atoms with Crippen molar-refractivity contribution in [2.24, 2.45) is 0 Å². The molecule has 0 saturated carbocycles. The molecule has 8 heteroatoms. The minimum atomic E-state index is -3.99. The summed E-state index contributed by atoms with van der Waals surface area (Å²) < 4.78 is 38.7. The van der Waals surface area contributed by atoms with Gasteiger partial charge in [0, 0.05) is 17.1 Å². The van der Waals surface area contributed by atoms with E-state index in [9.17, 15) is 22.4 Å².